The van der Waals surface area contributed by atoms with Gasteiger partial charge in [-0.1, -0.05) is 23.7 Å². The number of carbonyl (C=O) groups excluding carboxylic acids is 1. The highest BCUT2D eigenvalue weighted by Crippen LogP contribution is 2.28. The van der Waals surface area contributed by atoms with Crippen LogP contribution in [0.4, 0.5) is 8.78 Å². The third kappa shape index (κ3) is 5.61. The molecule has 1 aliphatic heterocycles. The first-order valence-electron chi connectivity index (χ1n) is 9.82. The number of methoxy groups -OCH3 is 1. The van der Waals surface area contributed by atoms with Crippen LogP contribution in [-0.4, -0.2) is 56.4 Å². The predicted octanol–water partition coefficient (Wildman–Crippen LogP) is 4.10. The first-order chi connectivity index (χ1) is 14.4. The summed E-state index contributed by atoms with van der Waals surface area (Å²) in [6.07, 6.45) is 0.460. The van der Waals surface area contributed by atoms with Gasteiger partial charge in [-0.25, -0.2) is 8.78 Å². The Morgan fingerprint density at radius 3 is 2.57 bits per heavy atom. The van der Waals surface area contributed by atoms with E-state index in [2.05, 4.69) is 5.32 Å². The average molecular weight is 439 g/mol. The first kappa shape index (κ1) is 22.3. The summed E-state index contributed by atoms with van der Waals surface area (Å²) in [5.41, 5.74) is -1.08. The van der Waals surface area contributed by atoms with Crippen LogP contribution in [0.3, 0.4) is 0 Å². The van der Waals surface area contributed by atoms with Crippen LogP contribution >= 0.6 is 11.6 Å². The van der Waals surface area contributed by atoms with Crippen molar-refractivity contribution in [3.63, 3.8) is 0 Å². The second-order valence-corrected chi connectivity index (χ2v) is 7.66. The molecule has 0 radical (unpaired) electrons. The van der Waals surface area contributed by atoms with Gasteiger partial charge in [-0.3, -0.25) is 4.79 Å². The van der Waals surface area contributed by atoms with Gasteiger partial charge in [0.05, 0.1) is 12.1 Å². The summed E-state index contributed by atoms with van der Waals surface area (Å²) < 4.78 is 39.2. The van der Waals surface area contributed by atoms with E-state index in [4.69, 9.17) is 21.1 Å². The predicted molar refractivity (Wildman–Crippen MR) is 112 cm³/mol. The Labute approximate surface area is 179 Å². The van der Waals surface area contributed by atoms with Crippen molar-refractivity contribution < 1.29 is 23.0 Å². The van der Waals surface area contributed by atoms with Gasteiger partial charge in [0.15, 0.2) is 11.5 Å². The van der Waals surface area contributed by atoms with Gasteiger partial charge in [0, 0.05) is 44.6 Å². The molecule has 30 heavy (non-hydrogen) atoms. The molecule has 1 amide bonds. The van der Waals surface area contributed by atoms with E-state index >= 15 is 4.39 Å². The molecule has 0 bridgehead atoms. The molecule has 0 atom stereocenters. The highest BCUT2D eigenvalue weighted by atomic mass is 35.5. The number of carbonyl (C=O) groups is 1. The molecule has 162 valence electrons. The van der Waals surface area contributed by atoms with Crippen LogP contribution in [0.15, 0.2) is 42.5 Å². The minimum atomic E-state index is -1.39. The van der Waals surface area contributed by atoms with E-state index in [9.17, 15) is 9.18 Å². The smallest absolute Gasteiger partial charge is 0.253 e. The third-order valence-electron chi connectivity index (χ3n) is 5.16. The zero-order valence-corrected chi connectivity index (χ0v) is 17.6. The lowest BCUT2D eigenvalue weighted by Gasteiger charge is -2.36. The topological polar surface area (TPSA) is 50.8 Å². The van der Waals surface area contributed by atoms with Gasteiger partial charge in [0.2, 0.25) is 0 Å². The van der Waals surface area contributed by atoms with Crippen molar-refractivity contribution in [2.75, 3.05) is 39.9 Å². The lowest BCUT2D eigenvalue weighted by Crippen LogP contribution is -2.49. The van der Waals surface area contributed by atoms with Gasteiger partial charge in [-0.2, -0.15) is 0 Å². The number of benzene rings is 2. The molecule has 1 N–H and O–H groups in total. The molecule has 5 nitrogen and oxygen atoms in total. The molecular formula is C22H25ClF2N2O3. The van der Waals surface area contributed by atoms with Gasteiger partial charge < -0.3 is 19.7 Å². The number of hydrogen-bond donors (Lipinski definition) is 1. The summed E-state index contributed by atoms with van der Waals surface area (Å²) in [7, 11) is 1.58. The highest BCUT2D eigenvalue weighted by Gasteiger charge is 2.35. The molecule has 0 aromatic heterocycles. The fraction of sp³-hybridized carbons (Fsp3) is 0.409. The van der Waals surface area contributed by atoms with Crippen LogP contribution in [-0.2, 0) is 0 Å². The van der Waals surface area contributed by atoms with Crippen molar-refractivity contribution in [2.45, 2.75) is 18.5 Å². The van der Waals surface area contributed by atoms with Crippen LogP contribution in [0.2, 0.25) is 5.02 Å². The Balaban J connectivity index is 1.41. The van der Waals surface area contributed by atoms with Crippen molar-refractivity contribution >= 4 is 17.5 Å². The number of ether oxygens (including phenoxy) is 2. The number of alkyl halides is 1. The molecule has 1 aliphatic rings. The summed E-state index contributed by atoms with van der Waals surface area (Å²) in [5, 5.41) is 2.99. The number of rotatable bonds is 8. The Morgan fingerprint density at radius 1 is 1.20 bits per heavy atom. The molecule has 0 spiro atoms. The van der Waals surface area contributed by atoms with Crippen molar-refractivity contribution in [1.29, 1.82) is 0 Å². The molecule has 2 aromatic carbocycles. The normalized spacial score (nSPS) is 15.7. The number of likely N-dealkylation sites (tertiary alicyclic amines) is 1. The van der Waals surface area contributed by atoms with Crippen LogP contribution in [0.25, 0.3) is 0 Å². The van der Waals surface area contributed by atoms with E-state index in [-0.39, 0.29) is 30.3 Å². The maximum Gasteiger partial charge on any atom is 0.253 e. The monoisotopic (exact) mass is 438 g/mol. The van der Waals surface area contributed by atoms with Crippen molar-refractivity contribution in [2.24, 2.45) is 0 Å². The fourth-order valence-corrected chi connectivity index (χ4v) is 3.56. The van der Waals surface area contributed by atoms with E-state index in [0.29, 0.717) is 43.3 Å². The van der Waals surface area contributed by atoms with E-state index in [0.717, 1.165) is 6.07 Å². The molecule has 1 saturated heterocycles. The van der Waals surface area contributed by atoms with Gasteiger partial charge in [0.1, 0.15) is 18.1 Å². The largest absolute Gasteiger partial charge is 0.493 e. The molecule has 0 unspecified atom stereocenters. The Hall–Kier alpha value is -2.38. The summed E-state index contributed by atoms with van der Waals surface area (Å²) in [4.78, 5) is 14.1. The zero-order valence-electron chi connectivity index (χ0n) is 16.8. The molecule has 0 aliphatic carbocycles. The average Bonchev–Trinajstić information content (AvgIpc) is 2.76. The van der Waals surface area contributed by atoms with Gasteiger partial charge in [-0.15, -0.1) is 0 Å². The molecular weight excluding hydrogens is 414 g/mol. The van der Waals surface area contributed by atoms with Crippen LogP contribution in [0, 0.1) is 5.82 Å². The first-order valence-corrected chi connectivity index (χ1v) is 10.2. The lowest BCUT2D eigenvalue weighted by molar-refractivity contribution is 0.0433. The van der Waals surface area contributed by atoms with E-state index in [1.54, 1.807) is 12.0 Å². The maximum atomic E-state index is 15.1. The van der Waals surface area contributed by atoms with E-state index in [1.807, 2.05) is 24.3 Å². The second kappa shape index (κ2) is 10.1. The Bertz CT molecular complexity index is 873. The molecule has 1 heterocycles. The van der Waals surface area contributed by atoms with Crippen molar-refractivity contribution in [3.05, 3.63) is 58.9 Å². The van der Waals surface area contributed by atoms with E-state index < -0.39 is 11.5 Å². The fourth-order valence-electron chi connectivity index (χ4n) is 3.38. The number of amides is 1. The number of halogens is 3. The molecule has 8 heteroatoms. The molecule has 2 aromatic rings. The number of nitrogens with zero attached hydrogens (tertiary/aromatic N) is 1. The Kier molecular flexibility index (Phi) is 7.50. The highest BCUT2D eigenvalue weighted by molar-refractivity contribution is 6.31. The zero-order chi connectivity index (χ0) is 21.6. The standard InChI is InChI=1S/C22H25ClF2N2O3/c1-29-19-4-2-3-5-20(19)30-13-10-26-15-22(25)8-11-27(12-9-22)21(28)16-6-7-18(24)17(23)14-16/h2-7,14,26H,8-13,15H2,1H3. The minimum absolute atomic E-state index is 0.0998. The SMILES string of the molecule is COc1ccccc1OCCNCC1(F)CCN(C(=O)c2ccc(F)c(Cl)c2)CC1. The third-order valence-corrected chi connectivity index (χ3v) is 5.45. The summed E-state index contributed by atoms with van der Waals surface area (Å²) in [6.45, 7) is 1.65. The minimum Gasteiger partial charge on any atom is -0.493 e. The van der Waals surface area contributed by atoms with Crippen LogP contribution in [0.5, 0.6) is 11.5 Å². The van der Waals surface area contributed by atoms with Crippen molar-refractivity contribution in [3.8, 4) is 11.5 Å². The number of hydrogen-bond acceptors (Lipinski definition) is 4. The summed E-state index contributed by atoms with van der Waals surface area (Å²) in [5.74, 6) is 0.455. The van der Waals surface area contributed by atoms with Gasteiger partial charge in [0.25, 0.3) is 5.91 Å². The summed E-state index contributed by atoms with van der Waals surface area (Å²) >= 11 is 5.75. The van der Waals surface area contributed by atoms with Gasteiger partial charge in [-0.05, 0) is 30.3 Å². The molecule has 1 fully saturated rings. The van der Waals surface area contributed by atoms with Crippen molar-refractivity contribution in [1.82, 2.24) is 10.2 Å². The Morgan fingerprint density at radius 2 is 1.90 bits per heavy atom. The van der Waals surface area contributed by atoms with Gasteiger partial charge >= 0.3 is 0 Å². The van der Waals surface area contributed by atoms with Crippen LogP contribution < -0.4 is 14.8 Å². The summed E-state index contributed by atoms with van der Waals surface area (Å²) in [6, 6.07) is 11.2. The lowest BCUT2D eigenvalue weighted by atomic mass is 9.93. The molecule has 0 saturated carbocycles. The second-order valence-electron chi connectivity index (χ2n) is 7.25. The quantitative estimate of drug-likeness (QED) is 0.630. The van der Waals surface area contributed by atoms with E-state index in [1.165, 1.54) is 12.1 Å². The number of nitrogens with one attached hydrogen (secondary N) is 1. The van der Waals surface area contributed by atoms with Crippen LogP contribution in [0.1, 0.15) is 23.2 Å². The number of para-hydroxylation sites is 2. The maximum absolute atomic E-state index is 15.1. The molecule has 3 rings (SSSR count). The number of piperidine rings is 1.